The Bertz CT molecular complexity index is 391. The van der Waals surface area contributed by atoms with E-state index in [0.717, 1.165) is 19.3 Å². The van der Waals surface area contributed by atoms with E-state index < -0.39 is 0 Å². The molecular formula is C14H19ClO3. The topological polar surface area (TPSA) is 35.5 Å². The Kier molecular flexibility index (Phi) is 6.58. The number of rotatable bonds is 7. The molecule has 0 amide bonds. The van der Waals surface area contributed by atoms with Crippen molar-refractivity contribution in [2.24, 2.45) is 0 Å². The Hall–Kier alpha value is -1.22. The van der Waals surface area contributed by atoms with E-state index in [2.05, 4.69) is 6.92 Å². The molecule has 0 fully saturated rings. The van der Waals surface area contributed by atoms with Crippen LogP contribution in [0.1, 0.15) is 39.5 Å². The molecule has 1 aromatic carbocycles. The second kappa shape index (κ2) is 7.98. The molecule has 0 bridgehead atoms. The van der Waals surface area contributed by atoms with Crippen LogP contribution >= 0.6 is 11.6 Å². The first-order valence-electron chi connectivity index (χ1n) is 6.30. The van der Waals surface area contributed by atoms with Crippen molar-refractivity contribution >= 4 is 17.6 Å². The SMILES string of the molecule is CCCCCC(=O)Oc1ccc(OCC)cc1Cl. The Morgan fingerprint density at radius 3 is 2.67 bits per heavy atom. The number of halogens is 1. The smallest absolute Gasteiger partial charge is 0.311 e. The predicted octanol–water partition coefficient (Wildman–Crippen LogP) is 4.22. The van der Waals surface area contributed by atoms with E-state index in [4.69, 9.17) is 21.1 Å². The van der Waals surface area contributed by atoms with E-state index in [1.165, 1.54) is 0 Å². The first-order chi connectivity index (χ1) is 8.67. The summed E-state index contributed by atoms with van der Waals surface area (Å²) in [5.74, 6) is 0.824. The molecule has 0 aliphatic heterocycles. The highest BCUT2D eigenvalue weighted by molar-refractivity contribution is 6.32. The summed E-state index contributed by atoms with van der Waals surface area (Å²) in [5, 5.41) is 0.393. The molecule has 4 heteroatoms. The molecule has 0 radical (unpaired) electrons. The van der Waals surface area contributed by atoms with Gasteiger partial charge in [-0.15, -0.1) is 0 Å². The fraction of sp³-hybridized carbons (Fsp3) is 0.500. The first kappa shape index (κ1) is 14.8. The first-order valence-corrected chi connectivity index (χ1v) is 6.68. The standard InChI is InChI=1S/C14H19ClO3/c1-3-5-6-7-14(16)18-13-9-8-11(17-4-2)10-12(13)15/h8-10H,3-7H2,1-2H3. The van der Waals surface area contributed by atoms with E-state index in [0.29, 0.717) is 29.5 Å². The van der Waals surface area contributed by atoms with Crippen LogP contribution in [0.25, 0.3) is 0 Å². The number of carbonyl (C=O) groups excluding carboxylic acids is 1. The maximum absolute atomic E-state index is 11.5. The fourth-order valence-electron chi connectivity index (χ4n) is 1.51. The van der Waals surface area contributed by atoms with Gasteiger partial charge in [0.1, 0.15) is 11.5 Å². The molecule has 0 saturated heterocycles. The normalized spacial score (nSPS) is 10.2. The van der Waals surface area contributed by atoms with E-state index in [-0.39, 0.29) is 5.97 Å². The quantitative estimate of drug-likeness (QED) is 0.423. The molecule has 0 saturated carbocycles. The number of hydrogen-bond acceptors (Lipinski definition) is 3. The molecule has 18 heavy (non-hydrogen) atoms. The van der Waals surface area contributed by atoms with Crippen molar-refractivity contribution in [2.75, 3.05) is 6.61 Å². The molecule has 0 aliphatic carbocycles. The molecule has 1 aromatic rings. The summed E-state index contributed by atoms with van der Waals surface area (Å²) in [6.07, 6.45) is 3.39. The molecule has 0 N–H and O–H groups in total. The summed E-state index contributed by atoms with van der Waals surface area (Å²) in [5.41, 5.74) is 0. The lowest BCUT2D eigenvalue weighted by Crippen LogP contribution is -2.07. The van der Waals surface area contributed by atoms with Gasteiger partial charge in [0.25, 0.3) is 0 Å². The minimum Gasteiger partial charge on any atom is -0.494 e. The van der Waals surface area contributed by atoms with Crippen molar-refractivity contribution in [1.82, 2.24) is 0 Å². The minimum absolute atomic E-state index is 0.241. The zero-order valence-corrected chi connectivity index (χ0v) is 11.6. The minimum atomic E-state index is -0.241. The van der Waals surface area contributed by atoms with Gasteiger partial charge >= 0.3 is 5.97 Å². The molecule has 1 rings (SSSR count). The summed E-state index contributed by atoms with van der Waals surface area (Å²) in [7, 11) is 0. The van der Waals surface area contributed by atoms with Crippen LogP contribution in [0.2, 0.25) is 5.02 Å². The third-order valence-electron chi connectivity index (χ3n) is 2.42. The van der Waals surface area contributed by atoms with Gasteiger partial charge in [0.2, 0.25) is 0 Å². The van der Waals surface area contributed by atoms with Gasteiger partial charge in [-0.2, -0.15) is 0 Å². The van der Waals surface area contributed by atoms with E-state index >= 15 is 0 Å². The zero-order valence-electron chi connectivity index (χ0n) is 10.9. The van der Waals surface area contributed by atoms with E-state index in [1.54, 1.807) is 18.2 Å². The maximum Gasteiger partial charge on any atom is 0.311 e. The number of ether oxygens (including phenoxy) is 2. The number of hydrogen-bond donors (Lipinski definition) is 0. The van der Waals surface area contributed by atoms with Crippen LogP contribution < -0.4 is 9.47 Å². The van der Waals surface area contributed by atoms with E-state index in [9.17, 15) is 4.79 Å². The lowest BCUT2D eigenvalue weighted by atomic mass is 10.2. The van der Waals surface area contributed by atoms with E-state index in [1.807, 2.05) is 6.92 Å². The largest absolute Gasteiger partial charge is 0.494 e. The lowest BCUT2D eigenvalue weighted by Gasteiger charge is -2.08. The molecule has 100 valence electrons. The Morgan fingerprint density at radius 1 is 1.28 bits per heavy atom. The molecule has 0 unspecified atom stereocenters. The number of esters is 1. The van der Waals surface area contributed by atoms with Crippen molar-refractivity contribution < 1.29 is 14.3 Å². The summed E-state index contributed by atoms with van der Waals surface area (Å²) < 4.78 is 10.5. The molecule has 0 aliphatic rings. The average Bonchev–Trinajstić information content (AvgIpc) is 2.33. The summed E-state index contributed by atoms with van der Waals surface area (Å²) in [6.45, 7) is 4.57. The Morgan fingerprint density at radius 2 is 2.06 bits per heavy atom. The summed E-state index contributed by atoms with van der Waals surface area (Å²) >= 11 is 6.01. The van der Waals surface area contributed by atoms with Crippen LogP contribution in [-0.4, -0.2) is 12.6 Å². The number of unbranched alkanes of at least 4 members (excludes halogenated alkanes) is 2. The van der Waals surface area contributed by atoms with Gasteiger partial charge in [-0.1, -0.05) is 31.4 Å². The maximum atomic E-state index is 11.5. The van der Waals surface area contributed by atoms with Crippen LogP contribution in [0.15, 0.2) is 18.2 Å². The van der Waals surface area contributed by atoms with Gasteiger partial charge in [-0.25, -0.2) is 0 Å². The predicted molar refractivity (Wildman–Crippen MR) is 72.4 cm³/mol. The highest BCUT2D eigenvalue weighted by Crippen LogP contribution is 2.29. The molecular weight excluding hydrogens is 252 g/mol. The third-order valence-corrected chi connectivity index (χ3v) is 2.72. The molecule has 3 nitrogen and oxygen atoms in total. The highest BCUT2D eigenvalue weighted by Gasteiger charge is 2.09. The van der Waals surface area contributed by atoms with Gasteiger partial charge in [0.05, 0.1) is 11.6 Å². The molecule has 0 heterocycles. The van der Waals surface area contributed by atoms with Crippen molar-refractivity contribution in [2.45, 2.75) is 39.5 Å². The highest BCUT2D eigenvalue weighted by atomic mass is 35.5. The average molecular weight is 271 g/mol. The van der Waals surface area contributed by atoms with Crippen molar-refractivity contribution in [3.8, 4) is 11.5 Å². The summed E-state index contributed by atoms with van der Waals surface area (Å²) in [4.78, 5) is 11.5. The zero-order chi connectivity index (χ0) is 13.4. The van der Waals surface area contributed by atoms with Crippen LogP contribution in [0.4, 0.5) is 0 Å². The van der Waals surface area contributed by atoms with Crippen molar-refractivity contribution in [3.05, 3.63) is 23.2 Å². The monoisotopic (exact) mass is 270 g/mol. The second-order valence-corrected chi connectivity index (χ2v) is 4.36. The van der Waals surface area contributed by atoms with Crippen LogP contribution in [0.5, 0.6) is 11.5 Å². The van der Waals surface area contributed by atoms with Gasteiger partial charge < -0.3 is 9.47 Å². The lowest BCUT2D eigenvalue weighted by molar-refractivity contribution is -0.134. The number of benzene rings is 1. The van der Waals surface area contributed by atoms with Gasteiger partial charge in [-0.05, 0) is 25.5 Å². The Labute approximate surface area is 113 Å². The second-order valence-electron chi connectivity index (χ2n) is 3.96. The third kappa shape index (κ3) is 4.96. The van der Waals surface area contributed by atoms with Gasteiger partial charge in [0.15, 0.2) is 0 Å². The van der Waals surface area contributed by atoms with Crippen LogP contribution in [0.3, 0.4) is 0 Å². The van der Waals surface area contributed by atoms with Crippen LogP contribution in [-0.2, 0) is 4.79 Å². The molecule has 0 aromatic heterocycles. The van der Waals surface area contributed by atoms with Crippen LogP contribution in [0, 0.1) is 0 Å². The number of carbonyl (C=O) groups is 1. The Balaban J connectivity index is 2.53. The molecule has 0 spiro atoms. The van der Waals surface area contributed by atoms with Crippen molar-refractivity contribution in [1.29, 1.82) is 0 Å². The van der Waals surface area contributed by atoms with Gasteiger partial charge in [0, 0.05) is 12.5 Å². The van der Waals surface area contributed by atoms with Crippen molar-refractivity contribution in [3.63, 3.8) is 0 Å². The van der Waals surface area contributed by atoms with Gasteiger partial charge in [-0.3, -0.25) is 4.79 Å². The summed E-state index contributed by atoms with van der Waals surface area (Å²) in [6, 6.07) is 5.05. The molecule has 0 atom stereocenters. The fourth-order valence-corrected chi connectivity index (χ4v) is 1.72.